The molecule has 0 radical (unpaired) electrons. The molecule has 1 fully saturated rings. The fourth-order valence-corrected chi connectivity index (χ4v) is 3.08. The van der Waals surface area contributed by atoms with Crippen molar-refractivity contribution >= 4 is 28.3 Å². The molecular formula is C15H21ClN2O2S. The van der Waals surface area contributed by atoms with Crippen molar-refractivity contribution < 1.29 is 9.00 Å². The van der Waals surface area contributed by atoms with Gasteiger partial charge in [-0.25, -0.2) is 0 Å². The molecule has 3 atom stereocenters. The molecule has 1 N–H and O–H groups in total. The molecule has 1 saturated heterocycles. The van der Waals surface area contributed by atoms with E-state index in [4.69, 9.17) is 11.6 Å². The number of nitrogens with zero attached hydrogens (tertiary/aromatic N) is 1. The number of carbonyl (C=O) groups is 1. The summed E-state index contributed by atoms with van der Waals surface area (Å²) in [5, 5.41) is 4.06. The minimum Gasteiger partial charge on any atom is -0.321 e. The summed E-state index contributed by atoms with van der Waals surface area (Å²) < 4.78 is 11.3. The first-order chi connectivity index (χ1) is 9.90. The van der Waals surface area contributed by atoms with Crippen molar-refractivity contribution in [3.05, 3.63) is 34.9 Å². The Bertz CT molecular complexity index is 533. The van der Waals surface area contributed by atoms with Crippen molar-refractivity contribution in [2.45, 2.75) is 26.1 Å². The van der Waals surface area contributed by atoms with E-state index in [-0.39, 0.29) is 24.0 Å². The van der Waals surface area contributed by atoms with E-state index in [9.17, 15) is 9.00 Å². The Hall–Kier alpha value is -0.910. The quantitative estimate of drug-likeness (QED) is 0.901. The fraction of sp³-hybridized carbons (Fsp3) is 0.533. The van der Waals surface area contributed by atoms with Gasteiger partial charge in [-0.15, -0.1) is 0 Å². The SMILES string of the molecule is CC(C)C1NC(c2ccc(Cl)cc2)N(CCS(C)=O)C1=O. The molecule has 1 aliphatic heterocycles. The molecule has 0 spiro atoms. The molecule has 1 amide bonds. The van der Waals surface area contributed by atoms with Crippen LogP contribution in [0.2, 0.25) is 5.02 Å². The lowest BCUT2D eigenvalue weighted by Gasteiger charge is -2.24. The van der Waals surface area contributed by atoms with E-state index >= 15 is 0 Å². The molecule has 1 aromatic rings. The molecular weight excluding hydrogens is 308 g/mol. The smallest absolute Gasteiger partial charge is 0.241 e. The molecule has 0 aliphatic carbocycles. The van der Waals surface area contributed by atoms with Gasteiger partial charge in [-0.05, 0) is 23.6 Å². The zero-order valence-corrected chi connectivity index (χ0v) is 14.1. The summed E-state index contributed by atoms with van der Waals surface area (Å²) in [5.74, 6) is 0.780. The van der Waals surface area contributed by atoms with Gasteiger partial charge in [0.2, 0.25) is 5.91 Å². The van der Waals surface area contributed by atoms with Crippen molar-refractivity contribution in [3.63, 3.8) is 0 Å². The van der Waals surface area contributed by atoms with E-state index in [1.165, 1.54) is 0 Å². The molecule has 0 saturated carbocycles. The monoisotopic (exact) mass is 328 g/mol. The van der Waals surface area contributed by atoms with Gasteiger partial charge >= 0.3 is 0 Å². The van der Waals surface area contributed by atoms with Crippen molar-refractivity contribution in [2.24, 2.45) is 5.92 Å². The highest BCUT2D eigenvalue weighted by atomic mass is 35.5. The van der Waals surface area contributed by atoms with Crippen LogP contribution in [0, 0.1) is 5.92 Å². The molecule has 0 aromatic heterocycles. The minimum absolute atomic E-state index is 0.0791. The molecule has 1 heterocycles. The van der Waals surface area contributed by atoms with E-state index in [0.29, 0.717) is 17.3 Å². The maximum atomic E-state index is 12.5. The number of nitrogens with one attached hydrogen (secondary N) is 1. The second-order valence-corrected chi connectivity index (χ2v) is 7.64. The summed E-state index contributed by atoms with van der Waals surface area (Å²) in [6, 6.07) is 7.29. The third-order valence-corrected chi connectivity index (χ3v) is 4.68. The van der Waals surface area contributed by atoms with Crippen LogP contribution in [-0.2, 0) is 15.6 Å². The lowest BCUT2D eigenvalue weighted by atomic mass is 10.1. The summed E-state index contributed by atoms with van der Waals surface area (Å²) in [6.07, 6.45) is 1.48. The van der Waals surface area contributed by atoms with Gasteiger partial charge in [-0.3, -0.25) is 14.3 Å². The third kappa shape index (κ3) is 3.84. The highest BCUT2D eigenvalue weighted by Gasteiger charge is 2.40. The first kappa shape index (κ1) is 16.5. The molecule has 6 heteroatoms. The average Bonchev–Trinajstić information content (AvgIpc) is 2.74. The van der Waals surface area contributed by atoms with Gasteiger partial charge in [0, 0.05) is 34.4 Å². The standard InChI is InChI=1S/C15H21ClN2O2S/c1-10(2)13-15(19)18(8-9-21(3)20)14(17-13)11-4-6-12(16)7-5-11/h4-7,10,13-14,17H,8-9H2,1-3H3. The van der Waals surface area contributed by atoms with Gasteiger partial charge in [0.15, 0.2) is 0 Å². The van der Waals surface area contributed by atoms with Crippen LogP contribution in [0.15, 0.2) is 24.3 Å². The number of carbonyl (C=O) groups excluding carboxylic acids is 1. The van der Waals surface area contributed by atoms with Crippen LogP contribution in [0.1, 0.15) is 25.6 Å². The maximum Gasteiger partial charge on any atom is 0.241 e. The van der Waals surface area contributed by atoms with E-state index < -0.39 is 10.8 Å². The number of hydrogen-bond donors (Lipinski definition) is 1. The lowest BCUT2D eigenvalue weighted by molar-refractivity contribution is -0.130. The van der Waals surface area contributed by atoms with Crippen LogP contribution in [0.3, 0.4) is 0 Å². The van der Waals surface area contributed by atoms with Gasteiger partial charge in [-0.2, -0.15) is 0 Å². The second-order valence-electron chi connectivity index (χ2n) is 5.65. The molecule has 116 valence electrons. The number of halogens is 1. The molecule has 2 rings (SSSR count). The van der Waals surface area contributed by atoms with Gasteiger partial charge < -0.3 is 4.90 Å². The Balaban J connectivity index is 2.24. The molecule has 1 aliphatic rings. The second kappa shape index (κ2) is 6.90. The first-order valence-electron chi connectivity index (χ1n) is 7.02. The molecule has 4 nitrogen and oxygen atoms in total. The largest absolute Gasteiger partial charge is 0.321 e. The number of rotatable bonds is 5. The summed E-state index contributed by atoms with van der Waals surface area (Å²) in [4.78, 5) is 14.3. The van der Waals surface area contributed by atoms with E-state index in [1.54, 1.807) is 11.2 Å². The highest BCUT2D eigenvalue weighted by Crippen LogP contribution is 2.28. The van der Waals surface area contributed by atoms with E-state index in [1.807, 2.05) is 38.1 Å². The van der Waals surface area contributed by atoms with Crippen molar-refractivity contribution in [2.75, 3.05) is 18.6 Å². The Labute approximate surface area is 133 Å². The third-order valence-electron chi connectivity index (χ3n) is 3.67. The normalized spacial score (nSPS) is 23.9. The number of amides is 1. The Morgan fingerprint density at radius 2 is 1.95 bits per heavy atom. The van der Waals surface area contributed by atoms with Crippen LogP contribution >= 0.6 is 11.6 Å². The predicted molar refractivity (Wildman–Crippen MR) is 86.6 cm³/mol. The van der Waals surface area contributed by atoms with Gasteiger partial charge in [0.05, 0.1) is 6.04 Å². The summed E-state index contributed by atoms with van der Waals surface area (Å²) in [6.45, 7) is 4.54. The van der Waals surface area contributed by atoms with Crippen molar-refractivity contribution in [1.82, 2.24) is 10.2 Å². The number of hydrogen-bond acceptors (Lipinski definition) is 3. The number of benzene rings is 1. The Morgan fingerprint density at radius 3 is 2.48 bits per heavy atom. The summed E-state index contributed by atoms with van der Waals surface area (Å²) in [7, 11) is -0.916. The molecule has 3 unspecified atom stereocenters. The zero-order chi connectivity index (χ0) is 15.6. The van der Waals surface area contributed by atoms with Crippen LogP contribution in [0.4, 0.5) is 0 Å². The average molecular weight is 329 g/mol. The Morgan fingerprint density at radius 1 is 1.33 bits per heavy atom. The summed E-state index contributed by atoms with van der Waals surface area (Å²) >= 11 is 5.92. The maximum absolute atomic E-state index is 12.5. The van der Waals surface area contributed by atoms with Gasteiger partial charge in [0.1, 0.15) is 6.17 Å². The van der Waals surface area contributed by atoms with Crippen LogP contribution in [0.25, 0.3) is 0 Å². The minimum atomic E-state index is -0.916. The van der Waals surface area contributed by atoms with Crippen molar-refractivity contribution in [3.8, 4) is 0 Å². The Kier molecular flexibility index (Phi) is 5.41. The van der Waals surface area contributed by atoms with Gasteiger partial charge in [-0.1, -0.05) is 37.6 Å². The lowest BCUT2D eigenvalue weighted by Crippen LogP contribution is -2.36. The highest BCUT2D eigenvalue weighted by molar-refractivity contribution is 7.84. The van der Waals surface area contributed by atoms with Crippen LogP contribution < -0.4 is 5.32 Å². The van der Waals surface area contributed by atoms with Crippen molar-refractivity contribution in [1.29, 1.82) is 0 Å². The van der Waals surface area contributed by atoms with E-state index in [0.717, 1.165) is 5.56 Å². The topological polar surface area (TPSA) is 49.4 Å². The fourth-order valence-electron chi connectivity index (χ4n) is 2.50. The summed E-state index contributed by atoms with van der Waals surface area (Å²) in [5.41, 5.74) is 0.998. The molecule has 21 heavy (non-hydrogen) atoms. The molecule has 1 aromatic carbocycles. The predicted octanol–water partition coefficient (Wildman–Crippen LogP) is 2.17. The molecule has 0 bridgehead atoms. The zero-order valence-electron chi connectivity index (χ0n) is 12.5. The van der Waals surface area contributed by atoms with Crippen LogP contribution in [0.5, 0.6) is 0 Å². The van der Waals surface area contributed by atoms with Crippen LogP contribution in [-0.4, -0.2) is 39.6 Å². The van der Waals surface area contributed by atoms with E-state index in [2.05, 4.69) is 5.32 Å². The first-order valence-corrected chi connectivity index (χ1v) is 9.12. The van der Waals surface area contributed by atoms with Gasteiger partial charge in [0.25, 0.3) is 0 Å².